The van der Waals surface area contributed by atoms with E-state index in [0.29, 0.717) is 13.2 Å². The van der Waals surface area contributed by atoms with Crippen LogP contribution in [0.2, 0.25) is 0 Å². The third-order valence-electron chi connectivity index (χ3n) is 1.79. The van der Waals surface area contributed by atoms with Crippen molar-refractivity contribution in [3.8, 4) is 0 Å². The Morgan fingerprint density at radius 3 is 2.46 bits per heavy atom. The van der Waals surface area contributed by atoms with E-state index in [9.17, 15) is 4.79 Å². The Morgan fingerprint density at radius 2 is 2.00 bits per heavy atom. The van der Waals surface area contributed by atoms with E-state index < -0.39 is 0 Å². The summed E-state index contributed by atoms with van der Waals surface area (Å²) in [5.74, 6) is -0.202. The predicted octanol–water partition coefficient (Wildman–Crippen LogP) is 2.00. The summed E-state index contributed by atoms with van der Waals surface area (Å²) in [6.07, 6.45) is 2.70. The van der Waals surface area contributed by atoms with Gasteiger partial charge in [-0.25, -0.2) is 0 Å². The highest BCUT2D eigenvalue weighted by molar-refractivity contribution is 5.72. The van der Waals surface area contributed by atoms with Crippen molar-refractivity contribution in [1.29, 1.82) is 0 Å². The van der Waals surface area contributed by atoms with Crippen molar-refractivity contribution in [3.63, 3.8) is 0 Å². The Labute approximate surface area is 80.4 Å². The van der Waals surface area contributed by atoms with E-state index in [1.165, 1.54) is 0 Å². The molecule has 0 aliphatic carbocycles. The van der Waals surface area contributed by atoms with Crippen LogP contribution in [0.1, 0.15) is 33.1 Å². The molecular weight excluding hydrogens is 168 g/mol. The largest absolute Gasteiger partial charge is 0.465 e. The van der Waals surface area contributed by atoms with Gasteiger partial charge in [0.05, 0.1) is 19.1 Å². The first-order valence-corrected chi connectivity index (χ1v) is 4.91. The van der Waals surface area contributed by atoms with Crippen molar-refractivity contribution in [2.45, 2.75) is 33.1 Å². The highest BCUT2D eigenvalue weighted by Crippen LogP contribution is 2.09. The zero-order valence-corrected chi connectivity index (χ0v) is 8.84. The van der Waals surface area contributed by atoms with Crippen molar-refractivity contribution < 1.29 is 14.3 Å². The molecule has 3 heteroatoms. The molecule has 1 atom stereocenters. The molecule has 0 rings (SSSR count). The third kappa shape index (κ3) is 5.64. The Morgan fingerprint density at radius 1 is 1.31 bits per heavy atom. The first kappa shape index (κ1) is 12.4. The molecule has 0 heterocycles. The third-order valence-corrected chi connectivity index (χ3v) is 1.79. The lowest BCUT2D eigenvalue weighted by Crippen LogP contribution is -2.22. The van der Waals surface area contributed by atoms with Crippen molar-refractivity contribution in [2.75, 3.05) is 20.3 Å². The van der Waals surface area contributed by atoms with Crippen molar-refractivity contribution in [2.24, 2.45) is 5.92 Å². The molecule has 0 aromatic carbocycles. The molecule has 0 bridgehead atoms. The van der Waals surface area contributed by atoms with Gasteiger partial charge in [0, 0.05) is 7.11 Å². The van der Waals surface area contributed by atoms with E-state index in [4.69, 9.17) is 9.47 Å². The van der Waals surface area contributed by atoms with Crippen LogP contribution in [0.5, 0.6) is 0 Å². The van der Waals surface area contributed by atoms with Gasteiger partial charge in [-0.1, -0.05) is 20.3 Å². The number of carbonyl (C=O) groups is 1. The number of esters is 1. The Hall–Kier alpha value is -0.570. The summed E-state index contributed by atoms with van der Waals surface area (Å²) in [6, 6.07) is 0. The smallest absolute Gasteiger partial charge is 0.311 e. The molecule has 3 nitrogen and oxygen atoms in total. The minimum atomic E-state index is -0.120. The van der Waals surface area contributed by atoms with Crippen molar-refractivity contribution in [1.82, 2.24) is 0 Å². The van der Waals surface area contributed by atoms with Gasteiger partial charge in [-0.2, -0.15) is 0 Å². The van der Waals surface area contributed by atoms with Gasteiger partial charge in [0.25, 0.3) is 0 Å². The van der Waals surface area contributed by atoms with Gasteiger partial charge < -0.3 is 9.47 Å². The lowest BCUT2D eigenvalue weighted by Gasteiger charge is -2.13. The van der Waals surface area contributed by atoms with Crippen LogP contribution in [0.3, 0.4) is 0 Å². The lowest BCUT2D eigenvalue weighted by molar-refractivity contribution is -0.150. The van der Waals surface area contributed by atoms with Crippen LogP contribution in [0.25, 0.3) is 0 Å². The summed E-state index contributed by atoms with van der Waals surface area (Å²) in [5, 5.41) is 0. The Bertz CT molecular complexity index is 128. The topological polar surface area (TPSA) is 35.5 Å². The summed E-state index contributed by atoms with van der Waals surface area (Å²) in [4.78, 5) is 11.4. The fourth-order valence-electron chi connectivity index (χ4n) is 1.14. The molecule has 0 saturated heterocycles. The zero-order chi connectivity index (χ0) is 10.1. The molecule has 78 valence electrons. The van der Waals surface area contributed by atoms with Crippen LogP contribution in [0.15, 0.2) is 0 Å². The predicted molar refractivity (Wildman–Crippen MR) is 51.5 cm³/mol. The lowest BCUT2D eigenvalue weighted by atomic mass is 10.1. The summed E-state index contributed by atoms with van der Waals surface area (Å²) in [6.45, 7) is 5.02. The van der Waals surface area contributed by atoms with Crippen LogP contribution in [-0.2, 0) is 14.3 Å². The quantitative estimate of drug-likeness (QED) is 0.573. The molecule has 0 aromatic heterocycles. The van der Waals surface area contributed by atoms with Gasteiger partial charge in [0.15, 0.2) is 0 Å². The number of rotatable bonds is 7. The number of carbonyl (C=O) groups excluding carboxylic acids is 1. The number of hydrogen-bond donors (Lipinski definition) is 0. The minimum Gasteiger partial charge on any atom is -0.465 e. The summed E-state index contributed by atoms with van der Waals surface area (Å²) >= 11 is 0. The van der Waals surface area contributed by atoms with Crippen LogP contribution in [0.4, 0.5) is 0 Å². The number of methoxy groups -OCH3 is 1. The second-order valence-corrected chi connectivity index (χ2v) is 3.11. The van der Waals surface area contributed by atoms with E-state index in [1.807, 2.05) is 6.92 Å². The first-order valence-electron chi connectivity index (χ1n) is 4.91. The van der Waals surface area contributed by atoms with E-state index in [1.54, 1.807) is 7.11 Å². The zero-order valence-electron chi connectivity index (χ0n) is 8.84. The molecule has 1 unspecified atom stereocenters. The monoisotopic (exact) mass is 188 g/mol. The van der Waals surface area contributed by atoms with E-state index in [-0.39, 0.29) is 11.9 Å². The van der Waals surface area contributed by atoms with Gasteiger partial charge in [-0.15, -0.1) is 0 Å². The van der Waals surface area contributed by atoms with Gasteiger partial charge in [-0.3, -0.25) is 4.79 Å². The Balaban J connectivity index is 3.80. The van der Waals surface area contributed by atoms with Crippen LogP contribution in [0, 0.1) is 5.92 Å². The average molecular weight is 188 g/mol. The fraction of sp³-hybridized carbons (Fsp3) is 0.900. The maximum Gasteiger partial charge on any atom is 0.311 e. The minimum absolute atomic E-state index is 0.0819. The molecule has 0 N–H and O–H groups in total. The van der Waals surface area contributed by atoms with Crippen LogP contribution in [-0.4, -0.2) is 26.3 Å². The molecule has 0 spiro atoms. The second-order valence-electron chi connectivity index (χ2n) is 3.11. The van der Waals surface area contributed by atoms with Crippen LogP contribution >= 0.6 is 0 Å². The molecule has 0 fully saturated rings. The van der Waals surface area contributed by atoms with Crippen molar-refractivity contribution in [3.05, 3.63) is 0 Å². The van der Waals surface area contributed by atoms with E-state index >= 15 is 0 Å². The molecule has 13 heavy (non-hydrogen) atoms. The highest BCUT2D eigenvalue weighted by atomic mass is 16.5. The molecule has 0 amide bonds. The average Bonchev–Trinajstić information content (AvgIpc) is 2.14. The van der Waals surface area contributed by atoms with Gasteiger partial charge >= 0.3 is 5.97 Å². The summed E-state index contributed by atoms with van der Waals surface area (Å²) < 4.78 is 10.00. The second kappa shape index (κ2) is 8.05. The van der Waals surface area contributed by atoms with Gasteiger partial charge in [0.2, 0.25) is 0 Å². The normalized spacial score (nSPS) is 12.5. The maximum atomic E-state index is 11.4. The van der Waals surface area contributed by atoms with Crippen LogP contribution < -0.4 is 0 Å². The maximum absolute atomic E-state index is 11.4. The molecule has 0 radical (unpaired) electrons. The van der Waals surface area contributed by atoms with Gasteiger partial charge in [0.1, 0.15) is 0 Å². The fourth-order valence-corrected chi connectivity index (χ4v) is 1.14. The Kier molecular flexibility index (Phi) is 7.69. The van der Waals surface area contributed by atoms with E-state index in [2.05, 4.69) is 6.92 Å². The summed E-state index contributed by atoms with van der Waals surface area (Å²) in [7, 11) is 1.61. The standard InChI is InChI=1S/C10H20O3/c1-4-6-9(8-12-3)10(11)13-7-5-2/h9H,4-8H2,1-3H3. The molecule has 0 saturated carbocycles. The SMILES string of the molecule is CCCOC(=O)C(CCC)COC. The first-order chi connectivity index (χ1) is 6.26. The molecule has 0 aliphatic heterocycles. The van der Waals surface area contributed by atoms with E-state index in [0.717, 1.165) is 19.3 Å². The summed E-state index contributed by atoms with van der Waals surface area (Å²) in [5.41, 5.74) is 0. The number of hydrogen-bond acceptors (Lipinski definition) is 3. The molecule has 0 aromatic rings. The molecular formula is C10H20O3. The van der Waals surface area contributed by atoms with Crippen molar-refractivity contribution >= 4 is 5.97 Å². The molecule has 0 aliphatic rings. The van der Waals surface area contributed by atoms with Gasteiger partial charge in [-0.05, 0) is 12.8 Å². The highest BCUT2D eigenvalue weighted by Gasteiger charge is 2.18. The number of ether oxygens (including phenoxy) is 2.